The summed E-state index contributed by atoms with van der Waals surface area (Å²) in [4.78, 5) is 16.6. The molecular formula is C20H24N4O2. The number of phenolic OH excluding ortho intramolecular Hbond substituents is 1. The fourth-order valence-electron chi connectivity index (χ4n) is 2.97. The zero-order chi connectivity index (χ0) is 18.2. The number of nitrogens with zero attached hydrogens (tertiary/aromatic N) is 3. The number of hydrogen-bond acceptors (Lipinski definition) is 5. The Morgan fingerprint density at radius 3 is 2.50 bits per heavy atom. The van der Waals surface area contributed by atoms with Crippen molar-refractivity contribution in [2.75, 3.05) is 32.7 Å². The minimum absolute atomic E-state index is 0.127. The van der Waals surface area contributed by atoms with Gasteiger partial charge >= 0.3 is 0 Å². The lowest BCUT2D eigenvalue weighted by molar-refractivity contribution is -0.122. The first-order valence-corrected chi connectivity index (χ1v) is 8.78. The van der Waals surface area contributed by atoms with Crippen LogP contribution in [0.15, 0.2) is 59.7 Å². The molecule has 2 aromatic carbocycles. The summed E-state index contributed by atoms with van der Waals surface area (Å²) in [6.45, 7) is 4.95. The Kier molecular flexibility index (Phi) is 6.35. The molecule has 2 aromatic rings. The van der Waals surface area contributed by atoms with E-state index in [-0.39, 0.29) is 11.7 Å². The Hall–Kier alpha value is -2.70. The van der Waals surface area contributed by atoms with E-state index in [1.807, 2.05) is 6.07 Å². The minimum Gasteiger partial charge on any atom is -0.508 e. The average Bonchev–Trinajstić information content (AvgIpc) is 2.64. The highest BCUT2D eigenvalue weighted by molar-refractivity contribution is 5.83. The third-order valence-corrected chi connectivity index (χ3v) is 4.35. The van der Waals surface area contributed by atoms with Crippen LogP contribution in [-0.4, -0.2) is 59.8 Å². The van der Waals surface area contributed by atoms with E-state index in [2.05, 4.69) is 44.6 Å². The lowest BCUT2D eigenvalue weighted by Gasteiger charge is -2.34. The number of carbonyl (C=O) groups excluding carboxylic acids is 1. The van der Waals surface area contributed by atoms with Crippen molar-refractivity contribution in [3.8, 4) is 5.75 Å². The molecule has 0 aliphatic carbocycles. The number of hydrogen-bond donors (Lipinski definition) is 2. The summed E-state index contributed by atoms with van der Waals surface area (Å²) in [5.41, 5.74) is 4.60. The van der Waals surface area contributed by atoms with Crippen LogP contribution >= 0.6 is 0 Å². The number of hydrazone groups is 1. The molecule has 0 spiro atoms. The highest BCUT2D eigenvalue weighted by atomic mass is 16.3. The third kappa shape index (κ3) is 5.68. The quantitative estimate of drug-likeness (QED) is 0.613. The van der Waals surface area contributed by atoms with E-state index in [0.717, 1.165) is 38.3 Å². The molecule has 1 heterocycles. The van der Waals surface area contributed by atoms with Crippen molar-refractivity contribution < 1.29 is 9.90 Å². The zero-order valence-corrected chi connectivity index (χ0v) is 14.7. The van der Waals surface area contributed by atoms with Gasteiger partial charge in [-0.05, 0) is 23.3 Å². The van der Waals surface area contributed by atoms with E-state index in [9.17, 15) is 9.90 Å². The smallest absolute Gasteiger partial charge is 0.254 e. The molecule has 0 unspecified atom stereocenters. The summed E-state index contributed by atoms with van der Waals surface area (Å²) in [6.07, 6.45) is 1.52. The number of nitrogens with one attached hydrogen (secondary N) is 1. The van der Waals surface area contributed by atoms with Gasteiger partial charge in [0.1, 0.15) is 5.75 Å². The minimum atomic E-state index is -0.127. The van der Waals surface area contributed by atoms with Crippen LogP contribution in [0.1, 0.15) is 11.1 Å². The van der Waals surface area contributed by atoms with Crippen molar-refractivity contribution in [1.82, 2.24) is 15.2 Å². The SMILES string of the molecule is O=C(CN1CCN(Cc2ccccc2)CC1)NN=Cc1cccc(O)c1. The van der Waals surface area contributed by atoms with Gasteiger partial charge < -0.3 is 5.11 Å². The van der Waals surface area contributed by atoms with Crippen LogP contribution in [0.4, 0.5) is 0 Å². The van der Waals surface area contributed by atoms with Gasteiger partial charge in [0.05, 0.1) is 12.8 Å². The second-order valence-electron chi connectivity index (χ2n) is 6.43. The van der Waals surface area contributed by atoms with Gasteiger partial charge in [-0.2, -0.15) is 5.10 Å². The summed E-state index contributed by atoms with van der Waals surface area (Å²) in [5.74, 6) is 0.0477. The van der Waals surface area contributed by atoms with Gasteiger partial charge in [0.25, 0.3) is 5.91 Å². The summed E-state index contributed by atoms with van der Waals surface area (Å²) in [5, 5.41) is 13.3. The topological polar surface area (TPSA) is 68.2 Å². The standard InChI is InChI=1S/C20H24N4O2/c25-19-8-4-7-18(13-19)14-21-22-20(26)16-24-11-9-23(10-12-24)15-17-5-2-1-3-6-17/h1-8,13-14,25H,9-12,15-16H2,(H,22,26). The lowest BCUT2D eigenvalue weighted by Crippen LogP contribution is -2.48. The van der Waals surface area contributed by atoms with Gasteiger partial charge in [-0.25, -0.2) is 5.43 Å². The summed E-state index contributed by atoms with van der Waals surface area (Å²) in [6, 6.07) is 17.2. The van der Waals surface area contributed by atoms with Gasteiger partial charge in [-0.15, -0.1) is 0 Å². The maximum Gasteiger partial charge on any atom is 0.254 e. The van der Waals surface area contributed by atoms with Crippen molar-refractivity contribution in [1.29, 1.82) is 0 Å². The first kappa shape index (κ1) is 18.1. The van der Waals surface area contributed by atoms with E-state index in [4.69, 9.17) is 0 Å². The molecular weight excluding hydrogens is 328 g/mol. The Morgan fingerprint density at radius 2 is 1.77 bits per heavy atom. The van der Waals surface area contributed by atoms with E-state index in [1.54, 1.807) is 24.3 Å². The van der Waals surface area contributed by atoms with Crippen LogP contribution in [0.2, 0.25) is 0 Å². The van der Waals surface area contributed by atoms with Crippen LogP contribution < -0.4 is 5.43 Å². The normalized spacial score (nSPS) is 16.0. The number of benzene rings is 2. The van der Waals surface area contributed by atoms with Crippen molar-refractivity contribution >= 4 is 12.1 Å². The monoisotopic (exact) mass is 352 g/mol. The van der Waals surface area contributed by atoms with Crippen molar-refractivity contribution in [2.45, 2.75) is 6.54 Å². The molecule has 1 fully saturated rings. The summed E-state index contributed by atoms with van der Waals surface area (Å²) >= 11 is 0. The Bertz CT molecular complexity index is 740. The fourth-order valence-corrected chi connectivity index (χ4v) is 2.97. The second-order valence-corrected chi connectivity index (χ2v) is 6.43. The highest BCUT2D eigenvalue weighted by Crippen LogP contribution is 2.09. The van der Waals surface area contributed by atoms with Crippen molar-refractivity contribution in [3.63, 3.8) is 0 Å². The number of rotatable bonds is 6. The average molecular weight is 352 g/mol. The van der Waals surface area contributed by atoms with E-state index >= 15 is 0 Å². The van der Waals surface area contributed by atoms with Gasteiger partial charge in [-0.1, -0.05) is 42.5 Å². The molecule has 1 amide bonds. The van der Waals surface area contributed by atoms with Crippen LogP contribution in [-0.2, 0) is 11.3 Å². The molecule has 0 aromatic heterocycles. The van der Waals surface area contributed by atoms with Gasteiger partial charge in [0.2, 0.25) is 0 Å². The lowest BCUT2D eigenvalue weighted by atomic mass is 10.2. The summed E-state index contributed by atoms with van der Waals surface area (Å²) in [7, 11) is 0. The maximum absolute atomic E-state index is 12.0. The predicted octanol–water partition coefficient (Wildman–Crippen LogP) is 1.66. The van der Waals surface area contributed by atoms with E-state index < -0.39 is 0 Å². The molecule has 0 atom stereocenters. The van der Waals surface area contributed by atoms with E-state index in [1.165, 1.54) is 11.8 Å². The second kappa shape index (κ2) is 9.12. The van der Waals surface area contributed by atoms with Gasteiger partial charge in [0, 0.05) is 32.7 Å². The fraction of sp³-hybridized carbons (Fsp3) is 0.300. The highest BCUT2D eigenvalue weighted by Gasteiger charge is 2.18. The number of phenols is 1. The molecule has 1 aliphatic heterocycles. The molecule has 136 valence electrons. The van der Waals surface area contributed by atoms with Gasteiger partial charge in [-0.3, -0.25) is 14.6 Å². The number of piperazine rings is 1. The molecule has 26 heavy (non-hydrogen) atoms. The number of carbonyl (C=O) groups is 1. The molecule has 2 N–H and O–H groups in total. The molecule has 1 saturated heterocycles. The Balaban J connectivity index is 1.38. The first-order valence-electron chi connectivity index (χ1n) is 8.78. The van der Waals surface area contributed by atoms with E-state index in [0.29, 0.717) is 6.54 Å². The van der Waals surface area contributed by atoms with Gasteiger partial charge in [0.15, 0.2) is 0 Å². The zero-order valence-electron chi connectivity index (χ0n) is 14.7. The third-order valence-electron chi connectivity index (χ3n) is 4.35. The Labute approximate surface area is 153 Å². The molecule has 0 saturated carbocycles. The Morgan fingerprint density at radius 1 is 1.04 bits per heavy atom. The predicted molar refractivity (Wildman–Crippen MR) is 102 cm³/mol. The van der Waals surface area contributed by atoms with Crippen LogP contribution in [0.3, 0.4) is 0 Å². The number of amides is 1. The van der Waals surface area contributed by atoms with Crippen LogP contribution in [0.5, 0.6) is 5.75 Å². The van der Waals surface area contributed by atoms with Crippen molar-refractivity contribution in [3.05, 3.63) is 65.7 Å². The molecule has 0 bridgehead atoms. The van der Waals surface area contributed by atoms with Crippen LogP contribution in [0, 0.1) is 0 Å². The van der Waals surface area contributed by atoms with Crippen molar-refractivity contribution in [2.24, 2.45) is 5.10 Å². The molecule has 6 heteroatoms. The first-order chi connectivity index (χ1) is 12.7. The molecule has 0 radical (unpaired) electrons. The molecule has 3 rings (SSSR count). The van der Waals surface area contributed by atoms with Crippen LogP contribution in [0.25, 0.3) is 0 Å². The summed E-state index contributed by atoms with van der Waals surface area (Å²) < 4.78 is 0. The number of aromatic hydroxyl groups is 1. The molecule has 6 nitrogen and oxygen atoms in total. The molecule has 1 aliphatic rings. The largest absolute Gasteiger partial charge is 0.508 e. The maximum atomic E-state index is 12.0.